The summed E-state index contributed by atoms with van der Waals surface area (Å²) < 4.78 is 1.89. The molecular weight excluding hydrogens is 316 g/mol. The van der Waals surface area contributed by atoms with Crippen LogP contribution in [0.2, 0.25) is 0 Å². The summed E-state index contributed by atoms with van der Waals surface area (Å²) in [6.07, 6.45) is 4.72. The SMILES string of the molecule is CCc1ccc(NC(C)=O)cc1NC(=O)Cc1cn2ccccc2n1. The summed E-state index contributed by atoms with van der Waals surface area (Å²) in [6, 6.07) is 11.2. The molecule has 0 aliphatic heterocycles. The number of hydrogen-bond acceptors (Lipinski definition) is 3. The van der Waals surface area contributed by atoms with Crippen LogP contribution in [0.1, 0.15) is 25.1 Å². The van der Waals surface area contributed by atoms with Crippen molar-refractivity contribution in [3.05, 3.63) is 60.0 Å². The highest BCUT2D eigenvalue weighted by molar-refractivity contribution is 5.95. The van der Waals surface area contributed by atoms with Crippen molar-refractivity contribution in [1.82, 2.24) is 9.38 Å². The van der Waals surface area contributed by atoms with Crippen molar-refractivity contribution in [2.75, 3.05) is 10.6 Å². The van der Waals surface area contributed by atoms with Crippen molar-refractivity contribution in [2.24, 2.45) is 0 Å². The topological polar surface area (TPSA) is 75.5 Å². The maximum Gasteiger partial charge on any atom is 0.230 e. The molecule has 2 amide bonds. The number of benzene rings is 1. The maximum absolute atomic E-state index is 12.4. The molecule has 2 aromatic heterocycles. The van der Waals surface area contributed by atoms with E-state index in [1.54, 1.807) is 6.07 Å². The number of carbonyl (C=O) groups is 2. The highest BCUT2D eigenvalue weighted by Gasteiger charge is 2.11. The van der Waals surface area contributed by atoms with E-state index in [0.29, 0.717) is 17.1 Å². The van der Waals surface area contributed by atoms with Crippen LogP contribution in [0, 0.1) is 0 Å². The summed E-state index contributed by atoms with van der Waals surface area (Å²) in [6.45, 7) is 3.47. The smallest absolute Gasteiger partial charge is 0.230 e. The van der Waals surface area contributed by atoms with Crippen LogP contribution in [-0.4, -0.2) is 21.2 Å². The number of amides is 2. The Morgan fingerprint density at radius 2 is 2.00 bits per heavy atom. The number of fused-ring (bicyclic) bond motifs is 1. The molecule has 0 saturated heterocycles. The molecule has 2 N–H and O–H groups in total. The number of rotatable bonds is 5. The van der Waals surface area contributed by atoms with Crippen LogP contribution in [0.15, 0.2) is 48.8 Å². The lowest BCUT2D eigenvalue weighted by atomic mass is 10.1. The van der Waals surface area contributed by atoms with Crippen LogP contribution >= 0.6 is 0 Å². The zero-order valence-electron chi connectivity index (χ0n) is 14.2. The van der Waals surface area contributed by atoms with Gasteiger partial charge in [-0.1, -0.05) is 19.1 Å². The van der Waals surface area contributed by atoms with Gasteiger partial charge in [-0.2, -0.15) is 0 Å². The number of imidazole rings is 1. The summed E-state index contributed by atoms with van der Waals surface area (Å²) >= 11 is 0. The molecule has 6 nitrogen and oxygen atoms in total. The average molecular weight is 336 g/mol. The molecule has 6 heteroatoms. The fraction of sp³-hybridized carbons (Fsp3) is 0.211. The summed E-state index contributed by atoms with van der Waals surface area (Å²) in [5.74, 6) is -0.288. The Morgan fingerprint density at radius 3 is 2.72 bits per heavy atom. The third kappa shape index (κ3) is 4.03. The average Bonchev–Trinajstić information content (AvgIpc) is 2.96. The number of anilines is 2. The van der Waals surface area contributed by atoms with Gasteiger partial charge in [0.25, 0.3) is 0 Å². The minimum absolute atomic E-state index is 0.141. The largest absolute Gasteiger partial charge is 0.326 e. The molecule has 0 unspecified atom stereocenters. The van der Waals surface area contributed by atoms with E-state index in [2.05, 4.69) is 15.6 Å². The molecule has 0 bridgehead atoms. The van der Waals surface area contributed by atoms with Crippen molar-refractivity contribution < 1.29 is 9.59 Å². The lowest BCUT2D eigenvalue weighted by Gasteiger charge is -2.12. The maximum atomic E-state index is 12.4. The standard InChI is InChI=1S/C19H20N4O2/c1-3-14-7-8-15(20-13(2)24)10-17(14)22-19(25)11-16-12-23-9-5-4-6-18(23)21-16/h4-10,12H,3,11H2,1-2H3,(H,20,24)(H,22,25). The molecule has 25 heavy (non-hydrogen) atoms. The number of hydrogen-bond donors (Lipinski definition) is 2. The second kappa shape index (κ2) is 7.17. The first kappa shape index (κ1) is 16.7. The van der Waals surface area contributed by atoms with Crippen LogP contribution in [0.4, 0.5) is 11.4 Å². The Balaban J connectivity index is 1.76. The second-order valence-electron chi connectivity index (χ2n) is 5.83. The molecule has 1 aromatic carbocycles. The number of nitrogens with one attached hydrogen (secondary N) is 2. The first-order valence-corrected chi connectivity index (χ1v) is 8.18. The number of pyridine rings is 1. The fourth-order valence-electron chi connectivity index (χ4n) is 2.71. The van der Waals surface area contributed by atoms with Crippen molar-refractivity contribution >= 4 is 28.8 Å². The number of aromatic nitrogens is 2. The number of nitrogens with zero attached hydrogens (tertiary/aromatic N) is 2. The predicted molar refractivity (Wildman–Crippen MR) is 97.6 cm³/mol. The van der Waals surface area contributed by atoms with Crippen molar-refractivity contribution in [2.45, 2.75) is 26.7 Å². The van der Waals surface area contributed by atoms with Crippen LogP contribution in [0.3, 0.4) is 0 Å². The Labute approximate surface area is 145 Å². The van der Waals surface area contributed by atoms with Crippen LogP contribution in [-0.2, 0) is 22.4 Å². The predicted octanol–water partition coefficient (Wildman–Crippen LogP) is 3.04. The van der Waals surface area contributed by atoms with E-state index in [9.17, 15) is 9.59 Å². The minimum atomic E-state index is -0.147. The summed E-state index contributed by atoms with van der Waals surface area (Å²) in [5, 5.41) is 5.66. The first-order chi connectivity index (χ1) is 12.0. The normalized spacial score (nSPS) is 10.6. The Bertz CT molecular complexity index is 897. The van der Waals surface area contributed by atoms with E-state index in [1.165, 1.54) is 6.92 Å². The molecular formula is C19H20N4O2. The van der Waals surface area contributed by atoms with E-state index in [0.717, 1.165) is 17.6 Å². The van der Waals surface area contributed by atoms with E-state index >= 15 is 0 Å². The molecule has 0 radical (unpaired) electrons. The summed E-state index contributed by atoms with van der Waals surface area (Å²) in [7, 11) is 0. The Hall–Kier alpha value is -3.15. The van der Waals surface area contributed by atoms with Gasteiger partial charge in [-0.15, -0.1) is 0 Å². The second-order valence-corrected chi connectivity index (χ2v) is 5.83. The zero-order valence-corrected chi connectivity index (χ0v) is 14.2. The molecule has 0 atom stereocenters. The van der Waals surface area contributed by atoms with Crippen molar-refractivity contribution in [3.8, 4) is 0 Å². The van der Waals surface area contributed by atoms with Crippen LogP contribution < -0.4 is 10.6 Å². The van der Waals surface area contributed by atoms with Crippen LogP contribution in [0.5, 0.6) is 0 Å². The molecule has 2 heterocycles. The first-order valence-electron chi connectivity index (χ1n) is 8.18. The third-order valence-corrected chi connectivity index (χ3v) is 3.84. The van der Waals surface area contributed by atoms with E-state index < -0.39 is 0 Å². The number of aryl methyl sites for hydroxylation is 1. The van der Waals surface area contributed by atoms with Gasteiger partial charge in [0.2, 0.25) is 11.8 Å². The molecule has 128 valence electrons. The van der Waals surface area contributed by atoms with Gasteiger partial charge in [-0.25, -0.2) is 4.98 Å². The lowest BCUT2D eigenvalue weighted by Crippen LogP contribution is -2.16. The highest BCUT2D eigenvalue weighted by atomic mass is 16.2. The zero-order chi connectivity index (χ0) is 17.8. The minimum Gasteiger partial charge on any atom is -0.326 e. The van der Waals surface area contributed by atoms with Gasteiger partial charge in [-0.05, 0) is 36.2 Å². The third-order valence-electron chi connectivity index (χ3n) is 3.84. The molecule has 0 fully saturated rings. The highest BCUT2D eigenvalue weighted by Crippen LogP contribution is 2.22. The van der Waals surface area contributed by atoms with Gasteiger partial charge < -0.3 is 15.0 Å². The molecule has 3 rings (SSSR count). The number of carbonyl (C=O) groups excluding carboxylic acids is 2. The van der Waals surface area contributed by atoms with Gasteiger partial charge in [0.15, 0.2) is 0 Å². The molecule has 0 aliphatic carbocycles. The van der Waals surface area contributed by atoms with Gasteiger partial charge in [-0.3, -0.25) is 9.59 Å². The van der Waals surface area contributed by atoms with Gasteiger partial charge >= 0.3 is 0 Å². The van der Waals surface area contributed by atoms with Gasteiger partial charge in [0.1, 0.15) is 5.65 Å². The van der Waals surface area contributed by atoms with Gasteiger partial charge in [0, 0.05) is 30.7 Å². The summed E-state index contributed by atoms with van der Waals surface area (Å²) in [4.78, 5) is 28.1. The molecule has 0 aliphatic rings. The monoisotopic (exact) mass is 336 g/mol. The lowest BCUT2D eigenvalue weighted by molar-refractivity contribution is -0.116. The van der Waals surface area contributed by atoms with E-state index in [4.69, 9.17) is 0 Å². The molecule has 0 spiro atoms. The summed E-state index contributed by atoms with van der Waals surface area (Å²) in [5.41, 5.74) is 3.90. The van der Waals surface area contributed by atoms with E-state index in [1.807, 2.05) is 54.0 Å². The fourth-order valence-corrected chi connectivity index (χ4v) is 2.71. The Kier molecular flexibility index (Phi) is 4.79. The van der Waals surface area contributed by atoms with Gasteiger partial charge in [0.05, 0.1) is 12.1 Å². The molecule has 0 saturated carbocycles. The molecule has 3 aromatic rings. The van der Waals surface area contributed by atoms with Crippen molar-refractivity contribution in [1.29, 1.82) is 0 Å². The van der Waals surface area contributed by atoms with E-state index in [-0.39, 0.29) is 18.2 Å². The Morgan fingerprint density at radius 1 is 1.16 bits per heavy atom. The van der Waals surface area contributed by atoms with Crippen molar-refractivity contribution in [3.63, 3.8) is 0 Å². The van der Waals surface area contributed by atoms with Crippen LogP contribution in [0.25, 0.3) is 5.65 Å². The quantitative estimate of drug-likeness (QED) is 0.752.